The summed E-state index contributed by atoms with van der Waals surface area (Å²) in [6.45, 7) is 2.44. The van der Waals surface area contributed by atoms with Crippen molar-refractivity contribution in [3.8, 4) is 0 Å². The minimum atomic E-state index is -0.469. The number of aromatic nitrogens is 1. The number of nitrogens with zero attached hydrogens (tertiary/aromatic N) is 2. The van der Waals surface area contributed by atoms with E-state index >= 15 is 0 Å². The summed E-state index contributed by atoms with van der Waals surface area (Å²) in [5.74, 6) is -1.37. The zero-order valence-corrected chi connectivity index (χ0v) is 13.4. The van der Waals surface area contributed by atoms with Crippen LogP contribution in [-0.2, 0) is 16.1 Å². The summed E-state index contributed by atoms with van der Waals surface area (Å²) in [5.41, 5.74) is 1.14. The second-order valence-corrected chi connectivity index (χ2v) is 6.40. The van der Waals surface area contributed by atoms with E-state index in [2.05, 4.69) is 10.3 Å². The molecule has 1 aliphatic rings. The molecule has 1 atom stereocenters. The van der Waals surface area contributed by atoms with E-state index in [1.165, 1.54) is 22.3 Å². The Labute approximate surface area is 137 Å². The summed E-state index contributed by atoms with van der Waals surface area (Å²) >= 11 is 1.48. The maximum absolute atomic E-state index is 13.8. The molecule has 2 aromatic rings. The summed E-state index contributed by atoms with van der Waals surface area (Å²) in [5, 5.41) is 5.54. The number of amides is 2. The van der Waals surface area contributed by atoms with Crippen molar-refractivity contribution >= 4 is 28.8 Å². The number of anilines is 1. The Morgan fingerprint density at radius 3 is 2.96 bits per heavy atom. The van der Waals surface area contributed by atoms with Crippen LogP contribution in [0.3, 0.4) is 0 Å². The first-order valence-corrected chi connectivity index (χ1v) is 8.16. The third kappa shape index (κ3) is 3.39. The van der Waals surface area contributed by atoms with Crippen molar-refractivity contribution in [1.29, 1.82) is 0 Å². The average Bonchev–Trinajstić information content (AvgIpc) is 3.11. The molecule has 0 saturated carbocycles. The van der Waals surface area contributed by atoms with Crippen molar-refractivity contribution in [2.24, 2.45) is 5.92 Å². The Kier molecular flexibility index (Phi) is 4.38. The van der Waals surface area contributed by atoms with Gasteiger partial charge in [-0.15, -0.1) is 11.3 Å². The lowest BCUT2D eigenvalue weighted by Gasteiger charge is -2.17. The number of halogens is 1. The van der Waals surface area contributed by atoms with Crippen LogP contribution in [0, 0.1) is 18.7 Å². The van der Waals surface area contributed by atoms with Crippen LogP contribution in [0.1, 0.15) is 17.1 Å². The fourth-order valence-electron chi connectivity index (χ4n) is 2.58. The van der Waals surface area contributed by atoms with E-state index in [1.807, 2.05) is 12.3 Å². The number of carbonyl (C=O) groups is 2. The van der Waals surface area contributed by atoms with Crippen molar-refractivity contribution in [3.63, 3.8) is 0 Å². The van der Waals surface area contributed by atoms with Gasteiger partial charge in [-0.05, 0) is 19.1 Å². The van der Waals surface area contributed by atoms with Gasteiger partial charge in [0.05, 0.1) is 18.2 Å². The van der Waals surface area contributed by atoms with Gasteiger partial charge in [0.2, 0.25) is 11.8 Å². The van der Waals surface area contributed by atoms with E-state index in [0.717, 1.165) is 10.7 Å². The van der Waals surface area contributed by atoms with Crippen LogP contribution < -0.4 is 10.2 Å². The molecular formula is C16H16FN3O2S. The number of carbonyl (C=O) groups excluding carboxylic acids is 2. The number of para-hydroxylation sites is 1. The highest BCUT2D eigenvalue weighted by atomic mass is 32.1. The molecule has 23 heavy (non-hydrogen) atoms. The summed E-state index contributed by atoms with van der Waals surface area (Å²) in [6.07, 6.45) is 0.0943. The smallest absolute Gasteiger partial charge is 0.227 e. The fraction of sp³-hybridized carbons (Fsp3) is 0.312. The molecule has 1 aromatic carbocycles. The molecule has 0 aliphatic carbocycles. The Morgan fingerprint density at radius 2 is 2.26 bits per heavy atom. The molecule has 1 unspecified atom stereocenters. The van der Waals surface area contributed by atoms with Crippen LogP contribution in [0.5, 0.6) is 0 Å². The van der Waals surface area contributed by atoms with Gasteiger partial charge in [-0.2, -0.15) is 0 Å². The largest absolute Gasteiger partial charge is 0.349 e. The molecule has 0 spiro atoms. The van der Waals surface area contributed by atoms with Crippen LogP contribution in [0.15, 0.2) is 29.6 Å². The van der Waals surface area contributed by atoms with Gasteiger partial charge in [0.25, 0.3) is 0 Å². The van der Waals surface area contributed by atoms with Crippen molar-refractivity contribution in [1.82, 2.24) is 10.3 Å². The van der Waals surface area contributed by atoms with Crippen molar-refractivity contribution in [2.45, 2.75) is 19.9 Å². The molecule has 2 heterocycles. The fourth-order valence-corrected chi connectivity index (χ4v) is 3.29. The number of hydrogen-bond donors (Lipinski definition) is 1. The normalized spacial score (nSPS) is 17.6. The molecule has 1 aromatic heterocycles. The maximum Gasteiger partial charge on any atom is 0.227 e. The standard InChI is InChI=1S/C16H16FN3O2S/c1-10-9-23-14(19-10)7-18-16(22)11-6-15(21)20(8-11)13-5-3-2-4-12(13)17/h2-5,9,11H,6-8H2,1H3,(H,18,22). The van der Waals surface area contributed by atoms with E-state index in [0.29, 0.717) is 6.54 Å². The van der Waals surface area contributed by atoms with Gasteiger partial charge < -0.3 is 10.2 Å². The van der Waals surface area contributed by atoms with Gasteiger partial charge in [0.15, 0.2) is 0 Å². The molecule has 1 aliphatic heterocycles. The molecule has 2 amide bonds. The van der Waals surface area contributed by atoms with Gasteiger partial charge in [-0.25, -0.2) is 9.37 Å². The lowest BCUT2D eigenvalue weighted by Crippen LogP contribution is -2.32. The molecule has 7 heteroatoms. The van der Waals surface area contributed by atoms with E-state index < -0.39 is 11.7 Å². The van der Waals surface area contributed by atoms with Crippen molar-refractivity contribution in [2.75, 3.05) is 11.4 Å². The summed E-state index contributed by atoms with van der Waals surface area (Å²) < 4.78 is 13.8. The SMILES string of the molecule is Cc1csc(CNC(=O)C2CC(=O)N(c3ccccc3F)C2)n1. The van der Waals surface area contributed by atoms with Crippen LogP contribution in [0.4, 0.5) is 10.1 Å². The molecule has 1 saturated heterocycles. The number of aryl methyl sites for hydroxylation is 1. The van der Waals surface area contributed by atoms with Gasteiger partial charge in [0.1, 0.15) is 10.8 Å². The topological polar surface area (TPSA) is 62.3 Å². The highest BCUT2D eigenvalue weighted by molar-refractivity contribution is 7.09. The predicted molar refractivity (Wildman–Crippen MR) is 85.6 cm³/mol. The maximum atomic E-state index is 13.8. The number of thiazole rings is 1. The number of benzene rings is 1. The zero-order valence-electron chi connectivity index (χ0n) is 12.6. The molecule has 5 nitrogen and oxygen atoms in total. The summed E-state index contributed by atoms with van der Waals surface area (Å²) in [4.78, 5) is 29.9. The van der Waals surface area contributed by atoms with Crippen LogP contribution in [-0.4, -0.2) is 23.3 Å². The number of rotatable bonds is 4. The highest BCUT2D eigenvalue weighted by Crippen LogP contribution is 2.27. The Balaban J connectivity index is 1.63. The third-order valence-corrected chi connectivity index (χ3v) is 4.69. The molecule has 1 fully saturated rings. The zero-order chi connectivity index (χ0) is 16.4. The Morgan fingerprint density at radius 1 is 1.48 bits per heavy atom. The van der Waals surface area contributed by atoms with Crippen LogP contribution in [0.2, 0.25) is 0 Å². The Bertz CT molecular complexity index is 746. The van der Waals surface area contributed by atoms with Gasteiger partial charge >= 0.3 is 0 Å². The summed E-state index contributed by atoms with van der Waals surface area (Å²) in [6, 6.07) is 6.09. The van der Waals surface area contributed by atoms with E-state index in [9.17, 15) is 14.0 Å². The minimum Gasteiger partial charge on any atom is -0.349 e. The lowest BCUT2D eigenvalue weighted by atomic mass is 10.1. The van der Waals surface area contributed by atoms with Crippen molar-refractivity contribution in [3.05, 3.63) is 46.2 Å². The highest BCUT2D eigenvalue weighted by Gasteiger charge is 2.36. The van der Waals surface area contributed by atoms with Gasteiger partial charge in [0, 0.05) is 24.0 Å². The first-order valence-electron chi connectivity index (χ1n) is 7.28. The second-order valence-electron chi connectivity index (χ2n) is 5.46. The third-order valence-electron chi connectivity index (χ3n) is 3.72. The first-order chi connectivity index (χ1) is 11.0. The quantitative estimate of drug-likeness (QED) is 0.933. The van der Waals surface area contributed by atoms with E-state index in [4.69, 9.17) is 0 Å². The Hall–Kier alpha value is -2.28. The van der Waals surface area contributed by atoms with Crippen molar-refractivity contribution < 1.29 is 14.0 Å². The van der Waals surface area contributed by atoms with E-state index in [-0.39, 0.29) is 30.5 Å². The number of hydrogen-bond acceptors (Lipinski definition) is 4. The van der Waals surface area contributed by atoms with Gasteiger partial charge in [-0.3, -0.25) is 9.59 Å². The predicted octanol–water partition coefficient (Wildman–Crippen LogP) is 2.26. The molecule has 1 N–H and O–H groups in total. The molecular weight excluding hydrogens is 317 g/mol. The van der Waals surface area contributed by atoms with Crippen LogP contribution in [0.25, 0.3) is 0 Å². The minimum absolute atomic E-state index is 0.0943. The molecule has 0 radical (unpaired) electrons. The lowest BCUT2D eigenvalue weighted by molar-refractivity contribution is -0.126. The van der Waals surface area contributed by atoms with E-state index in [1.54, 1.807) is 18.2 Å². The molecule has 0 bridgehead atoms. The number of nitrogens with one attached hydrogen (secondary N) is 1. The molecule has 3 rings (SSSR count). The van der Waals surface area contributed by atoms with Gasteiger partial charge in [-0.1, -0.05) is 12.1 Å². The second kappa shape index (κ2) is 6.45. The average molecular weight is 333 g/mol. The monoisotopic (exact) mass is 333 g/mol. The van der Waals surface area contributed by atoms with Crippen LogP contribution >= 0.6 is 11.3 Å². The first kappa shape index (κ1) is 15.6. The summed E-state index contributed by atoms with van der Waals surface area (Å²) in [7, 11) is 0. The molecule has 120 valence electrons.